The van der Waals surface area contributed by atoms with Gasteiger partial charge in [-0.05, 0) is 33.1 Å². The highest BCUT2D eigenvalue weighted by Gasteiger charge is 2.21. The lowest BCUT2D eigenvalue weighted by Crippen LogP contribution is -2.23. The van der Waals surface area contributed by atoms with Crippen molar-refractivity contribution in [3.8, 4) is 0 Å². The van der Waals surface area contributed by atoms with Crippen molar-refractivity contribution >= 4 is 17.7 Å². The first-order valence-corrected chi connectivity index (χ1v) is 7.96. The van der Waals surface area contributed by atoms with E-state index in [2.05, 4.69) is 24.0 Å². The first-order chi connectivity index (χ1) is 9.58. The molecule has 0 radical (unpaired) electrons. The average Bonchev–Trinajstić information content (AvgIpc) is 2.80. The number of ether oxygens (including phenoxy) is 1. The van der Waals surface area contributed by atoms with E-state index >= 15 is 0 Å². The number of rotatable bonds is 6. The van der Waals surface area contributed by atoms with Crippen LogP contribution in [0.15, 0.2) is 5.16 Å². The van der Waals surface area contributed by atoms with Gasteiger partial charge in [0.15, 0.2) is 5.16 Å². The maximum absolute atomic E-state index is 10.7. The maximum atomic E-state index is 10.7. The van der Waals surface area contributed by atoms with Gasteiger partial charge in [0.2, 0.25) is 0 Å². The zero-order valence-corrected chi connectivity index (χ0v) is 12.7. The number of aliphatic carboxylic acids is 1. The number of hydrogen-bond donors (Lipinski definition) is 1. The first-order valence-electron chi connectivity index (χ1n) is 6.98. The summed E-state index contributed by atoms with van der Waals surface area (Å²) in [4.78, 5) is 10.7. The van der Waals surface area contributed by atoms with Crippen molar-refractivity contribution in [1.29, 1.82) is 0 Å². The predicted octanol–water partition coefficient (Wildman–Crippen LogP) is 2.15. The average molecular weight is 299 g/mol. The molecule has 7 heteroatoms. The molecule has 0 aromatic carbocycles. The van der Waals surface area contributed by atoms with E-state index in [1.165, 1.54) is 18.2 Å². The Morgan fingerprint density at radius 2 is 2.30 bits per heavy atom. The Morgan fingerprint density at radius 1 is 1.50 bits per heavy atom. The van der Waals surface area contributed by atoms with E-state index in [1.807, 2.05) is 4.57 Å². The van der Waals surface area contributed by atoms with Crippen LogP contribution in [0.3, 0.4) is 0 Å². The number of aromatic nitrogens is 3. The Kier molecular flexibility index (Phi) is 5.42. The summed E-state index contributed by atoms with van der Waals surface area (Å²) in [6.45, 7) is 4.93. The van der Waals surface area contributed by atoms with Crippen LogP contribution in [-0.2, 0) is 16.0 Å². The lowest BCUT2D eigenvalue weighted by molar-refractivity contribution is -0.133. The summed E-state index contributed by atoms with van der Waals surface area (Å²) < 4.78 is 7.76. The third kappa shape index (κ3) is 3.96. The Balaban J connectivity index is 2.09. The quantitative estimate of drug-likeness (QED) is 0.811. The van der Waals surface area contributed by atoms with Crippen LogP contribution < -0.4 is 0 Å². The van der Waals surface area contributed by atoms with Crippen LogP contribution in [0.25, 0.3) is 0 Å². The number of hydrogen-bond acceptors (Lipinski definition) is 5. The maximum Gasteiger partial charge on any atom is 0.313 e. The molecule has 1 aliphatic rings. The minimum atomic E-state index is -0.842. The summed E-state index contributed by atoms with van der Waals surface area (Å²) >= 11 is 1.22. The van der Waals surface area contributed by atoms with Gasteiger partial charge < -0.3 is 14.4 Å². The van der Waals surface area contributed by atoms with E-state index in [1.54, 1.807) is 0 Å². The smallest absolute Gasteiger partial charge is 0.313 e. The minimum Gasteiger partial charge on any atom is -0.481 e. The molecule has 1 aromatic heterocycles. The standard InChI is InChI=1S/C13H21N3O3S/c1-9(2)16-11(7-10-5-3-4-6-19-10)14-15-13(16)20-8-12(17)18/h9-10H,3-8H2,1-2H3,(H,17,18). The second kappa shape index (κ2) is 7.08. The Morgan fingerprint density at radius 3 is 2.90 bits per heavy atom. The zero-order chi connectivity index (χ0) is 14.5. The van der Waals surface area contributed by atoms with Gasteiger partial charge in [0, 0.05) is 19.1 Å². The summed E-state index contributed by atoms with van der Waals surface area (Å²) in [7, 11) is 0. The van der Waals surface area contributed by atoms with Gasteiger partial charge in [-0.1, -0.05) is 11.8 Å². The molecule has 0 spiro atoms. The molecule has 2 heterocycles. The summed E-state index contributed by atoms with van der Waals surface area (Å²) in [6, 6.07) is 0.208. The van der Waals surface area contributed by atoms with Crippen molar-refractivity contribution < 1.29 is 14.6 Å². The molecule has 20 heavy (non-hydrogen) atoms. The predicted molar refractivity (Wildman–Crippen MR) is 76.1 cm³/mol. The summed E-state index contributed by atoms with van der Waals surface area (Å²) in [5, 5.41) is 17.8. The fourth-order valence-electron chi connectivity index (χ4n) is 2.36. The van der Waals surface area contributed by atoms with Crippen molar-refractivity contribution in [3.05, 3.63) is 5.82 Å². The molecule has 1 unspecified atom stereocenters. The molecule has 0 saturated carbocycles. The molecule has 6 nitrogen and oxygen atoms in total. The SMILES string of the molecule is CC(C)n1c(CC2CCCCO2)nnc1SCC(=O)O. The van der Waals surface area contributed by atoms with Crippen LogP contribution in [0.1, 0.15) is 45.0 Å². The second-order valence-electron chi connectivity index (χ2n) is 5.24. The third-order valence-corrected chi connectivity index (χ3v) is 4.19. The molecular weight excluding hydrogens is 278 g/mol. The van der Waals surface area contributed by atoms with Gasteiger partial charge in [-0.15, -0.1) is 10.2 Å². The molecule has 1 aliphatic heterocycles. The molecule has 0 amide bonds. The van der Waals surface area contributed by atoms with Gasteiger partial charge in [-0.3, -0.25) is 4.79 Å². The normalized spacial score (nSPS) is 19.4. The minimum absolute atomic E-state index is 0.00474. The fraction of sp³-hybridized carbons (Fsp3) is 0.769. The van der Waals surface area contributed by atoms with Crippen molar-refractivity contribution in [2.45, 2.75) is 56.8 Å². The number of carbonyl (C=O) groups is 1. The lowest BCUT2D eigenvalue weighted by atomic mass is 10.1. The van der Waals surface area contributed by atoms with Crippen LogP contribution in [-0.4, -0.2) is 44.3 Å². The molecule has 2 rings (SSSR count). The van der Waals surface area contributed by atoms with Crippen LogP contribution in [0.2, 0.25) is 0 Å². The van der Waals surface area contributed by atoms with Crippen molar-refractivity contribution in [1.82, 2.24) is 14.8 Å². The molecular formula is C13H21N3O3S. The molecule has 112 valence electrons. The van der Waals surface area contributed by atoms with Crippen LogP contribution >= 0.6 is 11.8 Å². The summed E-state index contributed by atoms with van der Waals surface area (Å²) in [5.41, 5.74) is 0. The second-order valence-corrected chi connectivity index (χ2v) is 6.18. The largest absolute Gasteiger partial charge is 0.481 e. The Labute approximate surface area is 122 Å². The van der Waals surface area contributed by atoms with Gasteiger partial charge in [0.1, 0.15) is 5.82 Å². The van der Waals surface area contributed by atoms with Gasteiger partial charge >= 0.3 is 5.97 Å². The Hall–Kier alpha value is -1.08. The summed E-state index contributed by atoms with van der Waals surface area (Å²) in [5.74, 6) is 0.0513. The Bertz CT molecular complexity index is 456. The van der Waals surface area contributed by atoms with E-state index in [9.17, 15) is 4.79 Å². The summed E-state index contributed by atoms with van der Waals surface area (Å²) in [6.07, 6.45) is 4.35. The first kappa shape index (κ1) is 15.3. The van der Waals surface area contributed by atoms with E-state index in [0.29, 0.717) is 5.16 Å². The highest BCUT2D eigenvalue weighted by molar-refractivity contribution is 7.99. The third-order valence-electron chi connectivity index (χ3n) is 3.26. The van der Waals surface area contributed by atoms with E-state index in [0.717, 1.165) is 31.7 Å². The van der Waals surface area contributed by atoms with Crippen molar-refractivity contribution in [2.24, 2.45) is 0 Å². The van der Waals surface area contributed by atoms with Gasteiger partial charge in [0.05, 0.1) is 11.9 Å². The molecule has 1 fully saturated rings. The molecule has 1 N–H and O–H groups in total. The van der Waals surface area contributed by atoms with Crippen molar-refractivity contribution in [3.63, 3.8) is 0 Å². The number of thioether (sulfide) groups is 1. The van der Waals surface area contributed by atoms with Crippen LogP contribution in [0.5, 0.6) is 0 Å². The van der Waals surface area contributed by atoms with Gasteiger partial charge in [-0.2, -0.15) is 0 Å². The number of nitrogens with zero attached hydrogens (tertiary/aromatic N) is 3. The monoisotopic (exact) mass is 299 g/mol. The number of carboxylic acids is 1. The van der Waals surface area contributed by atoms with Crippen LogP contribution in [0, 0.1) is 0 Å². The van der Waals surface area contributed by atoms with Gasteiger partial charge in [0.25, 0.3) is 0 Å². The lowest BCUT2D eigenvalue weighted by Gasteiger charge is -2.23. The van der Waals surface area contributed by atoms with E-state index < -0.39 is 5.97 Å². The molecule has 1 saturated heterocycles. The van der Waals surface area contributed by atoms with E-state index in [4.69, 9.17) is 9.84 Å². The highest BCUT2D eigenvalue weighted by Crippen LogP contribution is 2.24. The molecule has 1 aromatic rings. The van der Waals surface area contributed by atoms with Crippen molar-refractivity contribution in [2.75, 3.05) is 12.4 Å². The fourth-order valence-corrected chi connectivity index (χ4v) is 3.17. The molecule has 0 bridgehead atoms. The highest BCUT2D eigenvalue weighted by atomic mass is 32.2. The van der Waals surface area contributed by atoms with Crippen LogP contribution in [0.4, 0.5) is 0 Å². The topological polar surface area (TPSA) is 77.2 Å². The van der Waals surface area contributed by atoms with E-state index in [-0.39, 0.29) is 17.9 Å². The molecule has 0 aliphatic carbocycles. The molecule has 1 atom stereocenters. The van der Waals surface area contributed by atoms with Gasteiger partial charge in [-0.25, -0.2) is 0 Å². The number of carboxylic acid groups (broad SMARTS) is 1. The zero-order valence-electron chi connectivity index (χ0n) is 11.9.